The summed E-state index contributed by atoms with van der Waals surface area (Å²) >= 11 is 0. The maximum absolute atomic E-state index is 12.7. The molecule has 0 fully saturated rings. The Labute approximate surface area is 177 Å². The zero-order valence-corrected chi connectivity index (χ0v) is 17.4. The number of carbonyl (C=O) groups excluding carboxylic acids is 2. The monoisotopic (exact) mass is 424 g/mol. The van der Waals surface area contributed by atoms with Crippen molar-refractivity contribution in [2.45, 2.75) is 20.4 Å². The number of aryl methyl sites for hydroxylation is 2. The van der Waals surface area contributed by atoms with Crippen LogP contribution in [0.1, 0.15) is 37.7 Å². The summed E-state index contributed by atoms with van der Waals surface area (Å²) in [7, 11) is 2.36. The van der Waals surface area contributed by atoms with Gasteiger partial charge in [-0.2, -0.15) is 0 Å². The van der Waals surface area contributed by atoms with Gasteiger partial charge in [0.25, 0.3) is 0 Å². The van der Waals surface area contributed by atoms with Gasteiger partial charge >= 0.3 is 17.8 Å². The molecule has 0 saturated heterocycles. The van der Waals surface area contributed by atoms with Gasteiger partial charge < -0.3 is 19.6 Å². The Kier molecular flexibility index (Phi) is 6.10. The fourth-order valence-electron chi connectivity index (χ4n) is 3.45. The summed E-state index contributed by atoms with van der Waals surface area (Å²) in [4.78, 5) is 44.7. The fourth-order valence-corrected chi connectivity index (χ4v) is 3.45. The average Bonchev–Trinajstić information content (AvgIpc) is 3.16. The zero-order chi connectivity index (χ0) is 22.7. The summed E-state index contributed by atoms with van der Waals surface area (Å²) < 4.78 is 11.3. The van der Waals surface area contributed by atoms with E-state index in [1.165, 1.54) is 25.1 Å². The molecule has 0 atom stereocenters. The predicted octanol–water partition coefficient (Wildman–Crippen LogP) is 3.09. The van der Waals surface area contributed by atoms with Gasteiger partial charge in [-0.3, -0.25) is 9.55 Å². The molecule has 10 heteroatoms. The van der Waals surface area contributed by atoms with Crippen molar-refractivity contribution in [1.29, 1.82) is 0 Å². The van der Waals surface area contributed by atoms with Gasteiger partial charge in [-0.15, -0.1) is 0 Å². The number of nitro groups is 1. The molecule has 0 radical (unpaired) electrons. The van der Waals surface area contributed by atoms with E-state index in [2.05, 4.69) is 9.97 Å². The lowest BCUT2D eigenvalue weighted by Crippen LogP contribution is -2.18. The van der Waals surface area contributed by atoms with Crippen LogP contribution in [-0.2, 0) is 16.0 Å². The second-order valence-corrected chi connectivity index (χ2v) is 6.68. The van der Waals surface area contributed by atoms with Gasteiger partial charge in [-0.25, -0.2) is 9.59 Å². The van der Waals surface area contributed by atoms with Crippen molar-refractivity contribution >= 4 is 17.8 Å². The van der Waals surface area contributed by atoms with E-state index < -0.39 is 22.7 Å². The largest absolute Gasteiger partial charge is 0.465 e. The van der Waals surface area contributed by atoms with Crippen LogP contribution in [0.3, 0.4) is 0 Å². The van der Waals surface area contributed by atoms with Gasteiger partial charge in [0.15, 0.2) is 5.69 Å². The number of esters is 2. The van der Waals surface area contributed by atoms with E-state index in [-0.39, 0.29) is 40.3 Å². The highest BCUT2D eigenvalue weighted by Gasteiger charge is 2.34. The molecule has 0 N–H and O–H groups in total. The van der Waals surface area contributed by atoms with E-state index in [9.17, 15) is 19.7 Å². The molecule has 0 unspecified atom stereocenters. The van der Waals surface area contributed by atoms with E-state index in [0.717, 1.165) is 5.56 Å². The third-order valence-corrected chi connectivity index (χ3v) is 4.76. The molecule has 0 aliphatic rings. The van der Waals surface area contributed by atoms with Crippen LogP contribution >= 0.6 is 0 Å². The lowest BCUT2D eigenvalue weighted by atomic mass is 9.95. The number of aromatic nitrogens is 3. The SMILES string of the molecule is COC(=O)c1c(C)nc(C)c(C(=O)OC)c1-c1c([N+](=O)[O-])ncn1Cc1ccccc1. The Balaban J connectivity index is 2.43. The summed E-state index contributed by atoms with van der Waals surface area (Å²) in [6.45, 7) is 3.35. The molecule has 2 heterocycles. The van der Waals surface area contributed by atoms with Crippen molar-refractivity contribution in [3.63, 3.8) is 0 Å². The molecule has 2 aromatic heterocycles. The Morgan fingerprint density at radius 1 is 1.03 bits per heavy atom. The Hall–Kier alpha value is -4.08. The van der Waals surface area contributed by atoms with Gasteiger partial charge in [0.2, 0.25) is 6.33 Å². The third-order valence-electron chi connectivity index (χ3n) is 4.76. The lowest BCUT2D eigenvalue weighted by molar-refractivity contribution is -0.388. The van der Waals surface area contributed by atoms with Gasteiger partial charge in [0, 0.05) is 5.56 Å². The minimum Gasteiger partial charge on any atom is -0.465 e. The van der Waals surface area contributed by atoms with Crippen molar-refractivity contribution in [3.8, 4) is 11.3 Å². The third kappa shape index (κ3) is 4.00. The van der Waals surface area contributed by atoms with Crippen LogP contribution < -0.4 is 0 Å². The average molecular weight is 424 g/mol. The summed E-state index contributed by atoms with van der Waals surface area (Å²) in [6, 6.07) is 9.21. The van der Waals surface area contributed by atoms with E-state index >= 15 is 0 Å². The molecule has 31 heavy (non-hydrogen) atoms. The van der Waals surface area contributed by atoms with Crippen molar-refractivity contribution in [3.05, 3.63) is 74.9 Å². The number of hydrogen-bond donors (Lipinski definition) is 0. The van der Waals surface area contributed by atoms with Crippen LogP contribution in [0.25, 0.3) is 11.3 Å². The topological polar surface area (TPSA) is 126 Å². The highest BCUT2D eigenvalue weighted by Crippen LogP contribution is 2.37. The Morgan fingerprint density at radius 2 is 1.58 bits per heavy atom. The molecule has 3 aromatic rings. The number of nitrogens with zero attached hydrogens (tertiary/aromatic N) is 4. The van der Waals surface area contributed by atoms with E-state index in [4.69, 9.17) is 9.47 Å². The molecule has 0 saturated carbocycles. The van der Waals surface area contributed by atoms with Crippen molar-refractivity contribution < 1.29 is 24.0 Å². The van der Waals surface area contributed by atoms with Crippen LogP contribution in [0.15, 0.2) is 36.7 Å². The molecule has 0 aliphatic heterocycles. The number of rotatable bonds is 6. The van der Waals surface area contributed by atoms with Gasteiger partial charge in [0.05, 0.1) is 43.3 Å². The van der Waals surface area contributed by atoms with Crippen LogP contribution in [0.2, 0.25) is 0 Å². The first-order valence-electron chi connectivity index (χ1n) is 9.21. The van der Waals surface area contributed by atoms with Crippen LogP contribution in [0.5, 0.6) is 0 Å². The summed E-state index contributed by atoms with van der Waals surface area (Å²) in [5.74, 6) is -2.07. The highest BCUT2D eigenvalue weighted by atomic mass is 16.6. The lowest BCUT2D eigenvalue weighted by Gasteiger charge is -2.17. The van der Waals surface area contributed by atoms with Crippen LogP contribution in [0.4, 0.5) is 5.82 Å². The first-order valence-corrected chi connectivity index (χ1v) is 9.21. The quantitative estimate of drug-likeness (QED) is 0.336. The molecule has 10 nitrogen and oxygen atoms in total. The van der Waals surface area contributed by atoms with Crippen LogP contribution in [0, 0.1) is 24.0 Å². The zero-order valence-electron chi connectivity index (χ0n) is 17.4. The highest BCUT2D eigenvalue weighted by molar-refractivity contribution is 6.07. The number of benzene rings is 1. The number of pyridine rings is 1. The second-order valence-electron chi connectivity index (χ2n) is 6.68. The second kappa shape index (κ2) is 8.74. The summed E-state index contributed by atoms with van der Waals surface area (Å²) in [6.07, 6.45) is 1.30. The number of ether oxygens (including phenoxy) is 2. The number of carbonyl (C=O) groups is 2. The maximum atomic E-state index is 12.7. The normalized spacial score (nSPS) is 10.6. The molecule has 1 aromatic carbocycles. The summed E-state index contributed by atoms with van der Waals surface area (Å²) in [5.41, 5.74) is 1.23. The van der Waals surface area contributed by atoms with E-state index in [1.54, 1.807) is 13.8 Å². The van der Waals surface area contributed by atoms with Crippen molar-refractivity contribution in [2.75, 3.05) is 14.2 Å². The first kappa shape index (κ1) is 21.6. The molecule has 160 valence electrons. The minimum absolute atomic E-state index is 0.00355. The fraction of sp³-hybridized carbons (Fsp3) is 0.238. The van der Waals surface area contributed by atoms with Crippen LogP contribution in [-0.4, -0.2) is 45.6 Å². The smallest absolute Gasteiger partial charge is 0.389 e. The van der Waals surface area contributed by atoms with E-state index in [0.29, 0.717) is 0 Å². The Morgan fingerprint density at radius 3 is 2.06 bits per heavy atom. The number of imidazole rings is 1. The molecule has 0 aliphatic carbocycles. The van der Waals surface area contributed by atoms with Gasteiger partial charge in [-0.1, -0.05) is 30.3 Å². The van der Waals surface area contributed by atoms with Gasteiger partial charge in [-0.05, 0) is 29.3 Å². The maximum Gasteiger partial charge on any atom is 0.389 e. The van der Waals surface area contributed by atoms with Gasteiger partial charge in [0.1, 0.15) is 0 Å². The molecule has 0 bridgehead atoms. The Bertz CT molecular complexity index is 1130. The molecule has 0 spiro atoms. The molecule has 0 amide bonds. The number of methoxy groups -OCH3 is 2. The molecule has 3 rings (SSSR count). The van der Waals surface area contributed by atoms with Crippen molar-refractivity contribution in [1.82, 2.24) is 14.5 Å². The van der Waals surface area contributed by atoms with Crippen molar-refractivity contribution in [2.24, 2.45) is 0 Å². The summed E-state index contributed by atoms with van der Waals surface area (Å²) in [5, 5.41) is 11.8. The minimum atomic E-state index is -0.785. The predicted molar refractivity (Wildman–Crippen MR) is 110 cm³/mol. The first-order chi connectivity index (χ1) is 14.8. The molecular weight excluding hydrogens is 404 g/mol. The van der Waals surface area contributed by atoms with E-state index in [1.807, 2.05) is 30.3 Å². The standard InChI is InChI=1S/C21H20N4O6/c1-12-15(20(26)30-3)17(16(13(2)23-12)21(27)31-4)18-19(25(28)29)22-11-24(18)10-14-8-6-5-7-9-14/h5-9,11H,10H2,1-4H3. The molecular formula is C21H20N4O6. The number of hydrogen-bond acceptors (Lipinski definition) is 8.